The minimum Gasteiger partial charge on any atom is -0.381 e. The van der Waals surface area contributed by atoms with Gasteiger partial charge in [-0.15, -0.1) is 11.3 Å². The molecule has 1 aliphatic carbocycles. The molecule has 1 fully saturated rings. The SMILES string of the molecule is COCc1c(C(=O)NCCCOCC2CC2)sc2cccc(F)c12. The average molecular weight is 351 g/mol. The van der Waals surface area contributed by atoms with Gasteiger partial charge in [-0.1, -0.05) is 6.07 Å². The molecule has 0 saturated heterocycles. The van der Waals surface area contributed by atoms with Gasteiger partial charge in [-0.25, -0.2) is 4.39 Å². The quantitative estimate of drug-likeness (QED) is 0.700. The lowest BCUT2D eigenvalue weighted by molar-refractivity contribution is 0.0937. The van der Waals surface area contributed by atoms with Crippen LogP contribution in [0, 0.1) is 11.7 Å². The van der Waals surface area contributed by atoms with E-state index in [1.807, 2.05) is 6.07 Å². The lowest BCUT2D eigenvalue weighted by Crippen LogP contribution is -2.25. The van der Waals surface area contributed by atoms with Crippen molar-refractivity contribution in [2.75, 3.05) is 26.9 Å². The number of halogens is 1. The van der Waals surface area contributed by atoms with Crippen molar-refractivity contribution >= 4 is 27.3 Å². The summed E-state index contributed by atoms with van der Waals surface area (Å²) in [7, 11) is 1.54. The third-order valence-corrected chi connectivity index (χ3v) is 5.26. The molecule has 4 nitrogen and oxygen atoms in total. The summed E-state index contributed by atoms with van der Waals surface area (Å²) in [6.45, 7) is 2.26. The Morgan fingerprint density at radius 1 is 1.42 bits per heavy atom. The van der Waals surface area contributed by atoms with E-state index in [9.17, 15) is 9.18 Å². The van der Waals surface area contributed by atoms with Crippen LogP contribution in [0.5, 0.6) is 0 Å². The van der Waals surface area contributed by atoms with E-state index < -0.39 is 0 Å². The molecule has 1 saturated carbocycles. The van der Waals surface area contributed by atoms with E-state index in [1.54, 1.807) is 13.2 Å². The second-order valence-corrected chi connectivity index (χ2v) is 7.14. The highest BCUT2D eigenvalue weighted by Gasteiger charge is 2.21. The average Bonchev–Trinajstić information content (AvgIpc) is 3.32. The Labute approximate surface area is 145 Å². The highest BCUT2D eigenvalue weighted by molar-refractivity contribution is 7.21. The Morgan fingerprint density at radius 2 is 2.25 bits per heavy atom. The van der Waals surface area contributed by atoms with Crippen LogP contribution in [0.3, 0.4) is 0 Å². The molecular formula is C18H22FNO3S. The fourth-order valence-electron chi connectivity index (χ4n) is 2.62. The second kappa shape index (κ2) is 8.05. The molecule has 130 valence electrons. The van der Waals surface area contributed by atoms with Crippen molar-refractivity contribution in [2.24, 2.45) is 5.92 Å². The Hall–Kier alpha value is -1.50. The van der Waals surface area contributed by atoms with E-state index in [-0.39, 0.29) is 18.3 Å². The number of methoxy groups -OCH3 is 1. The van der Waals surface area contributed by atoms with Crippen LogP contribution >= 0.6 is 11.3 Å². The Morgan fingerprint density at radius 3 is 3.00 bits per heavy atom. The number of hydrogen-bond donors (Lipinski definition) is 1. The van der Waals surface area contributed by atoms with Gasteiger partial charge in [-0.3, -0.25) is 4.79 Å². The van der Waals surface area contributed by atoms with Gasteiger partial charge < -0.3 is 14.8 Å². The number of benzene rings is 1. The second-order valence-electron chi connectivity index (χ2n) is 6.08. The van der Waals surface area contributed by atoms with E-state index in [4.69, 9.17) is 9.47 Å². The van der Waals surface area contributed by atoms with Gasteiger partial charge in [0.05, 0.1) is 11.5 Å². The van der Waals surface area contributed by atoms with Crippen molar-refractivity contribution in [1.82, 2.24) is 5.32 Å². The first-order valence-corrected chi connectivity index (χ1v) is 9.07. The summed E-state index contributed by atoms with van der Waals surface area (Å²) in [5.74, 6) is 0.262. The number of amides is 1. The van der Waals surface area contributed by atoms with Crippen molar-refractivity contribution in [3.63, 3.8) is 0 Å². The summed E-state index contributed by atoms with van der Waals surface area (Å²) in [4.78, 5) is 13.0. The fourth-order valence-corrected chi connectivity index (χ4v) is 3.76. The summed E-state index contributed by atoms with van der Waals surface area (Å²) in [6, 6.07) is 4.89. The monoisotopic (exact) mass is 351 g/mol. The van der Waals surface area contributed by atoms with E-state index in [0.717, 1.165) is 23.6 Å². The summed E-state index contributed by atoms with van der Waals surface area (Å²) in [5, 5.41) is 3.38. The van der Waals surface area contributed by atoms with Crippen molar-refractivity contribution < 1.29 is 18.7 Å². The van der Waals surface area contributed by atoms with E-state index in [0.29, 0.717) is 29.0 Å². The molecule has 0 spiro atoms. The molecule has 1 aromatic carbocycles. The van der Waals surface area contributed by atoms with Crippen LogP contribution in [0.15, 0.2) is 18.2 Å². The molecule has 0 unspecified atom stereocenters. The van der Waals surface area contributed by atoms with Gasteiger partial charge in [0.1, 0.15) is 5.82 Å². The predicted octanol–water partition coefficient (Wildman–Crippen LogP) is 3.73. The standard InChI is InChI=1S/C18H22FNO3S/c1-22-11-13-16-14(19)4-2-5-15(16)24-17(13)18(21)20-8-3-9-23-10-12-6-7-12/h2,4-5,12H,3,6-11H2,1H3,(H,20,21). The minimum atomic E-state index is -0.316. The van der Waals surface area contributed by atoms with Crippen LogP contribution in [0.2, 0.25) is 0 Å². The summed E-state index contributed by atoms with van der Waals surface area (Å²) in [6.07, 6.45) is 3.33. The van der Waals surface area contributed by atoms with Crippen LogP contribution in [0.4, 0.5) is 4.39 Å². The molecule has 1 N–H and O–H groups in total. The molecule has 1 heterocycles. The van der Waals surface area contributed by atoms with Crippen molar-refractivity contribution in [3.05, 3.63) is 34.5 Å². The molecule has 1 amide bonds. The Bertz CT molecular complexity index is 712. The summed E-state index contributed by atoms with van der Waals surface area (Å²) < 4.78 is 25.6. The van der Waals surface area contributed by atoms with Gasteiger partial charge in [0.15, 0.2) is 0 Å². The normalized spacial score (nSPS) is 14.2. The van der Waals surface area contributed by atoms with Crippen LogP contribution < -0.4 is 5.32 Å². The molecule has 24 heavy (non-hydrogen) atoms. The zero-order valence-corrected chi connectivity index (χ0v) is 14.6. The third kappa shape index (κ3) is 4.12. The van der Waals surface area contributed by atoms with E-state index in [1.165, 1.54) is 30.2 Å². The third-order valence-electron chi connectivity index (χ3n) is 4.06. The number of carbonyl (C=O) groups is 1. The molecule has 0 aliphatic heterocycles. The molecule has 1 aliphatic rings. The minimum absolute atomic E-state index is 0.176. The van der Waals surface area contributed by atoms with E-state index >= 15 is 0 Å². The number of hydrogen-bond acceptors (Lipinski definition) is 4. The number of thiophene rings is 1. The maximum atomic E-state index is 14.1. The van der Waals surface area contributed by atoms with Gasteiger partial charge >= 0.3 is 0 Å². The summed E-state index contributed by atoms with van der Waals surface area (Å²) >= 11 is 1.30. The molecule has 6 heteroatoms. The number of carbonyl (C=O) groups excluding carboxylic acids is 1. The van der Waals surface area contributed by atoms with Gasteiger partial charge in [-0.05, 0) is 37.3 Å². The molecule has 1 aromatic heterocycles. The molecule has 0 atom stereocenters. The van der Waals surface area contributed by atoms with Crippen molar-refractivity contribution in [2.45, 2.75) is 25.9 Å². The van der Waals surface area contributed by atoms with Crippen LogP contribution in [0.25, 0.3) is 10.1 Å². The molecular weight excluding hydrogens is 329 g/mol. The van der Waals surface area contributed by atoms with Crippen molar-refractivity contribution in [3.8, 4) is 0 Å². The van der Waals surface area contributed by atoms with Gasteiger partial charge in [0.2, 0.25) is 0 Å². The highest BCUT2D eigenvalue weighted by atomic mass is 32.1. The fraction of sp³-hybridized carbons (Fsp3) is 0.500. The number of nitrogens with one attached hydrogen (secondary N) is 1. The molecule has 3 rings (SSSR count). The van der Waals surface area contributed by atoms with Gasteiger partial charge in [0.25, 0.3) is 5.91 Å². The summed E-state index contributed by atoms with van der Waals surface area (Å²) in [5.41, 5.74) is 0.623. The number of fused-ring (bicyclic) bond motifs is 1. The van der Waals surface area contributed by atoms with Crippen LogP contribution in [-0.4, -0.2) is 32.8 Å². The zero-order valence-electron chi connectivity index (χ0n) is 13.8. The van der Waals surface area contributed by atoms with Crippen molar-refractivity contribution in [1.29, 1.82) is 0 Å². The first kappa shape index (κ1) is 17.3. The molecule has 0 radical (unpaired) electrons. The number of rotatable bonds is 9. The predicted molar refractivity (Wildman–Crippen MR) is 93.0 cm³/mol. The topological polar surface area (TPSA) is 47.6 Å². The first-order chi connectivity index (χ1) is 11.7. The lowest BCUT2D eigenvalue weighted by atomic mass is 10.1. The van der Waals surface area contributed by atoms with Crippen LogP contribution in [0.1, 0.15) is 34.5 Å². The smallest absolute Gasteiger partial charge is 0.261 e. The maximum absolute atomic E-state index is 14.1. The Balaban J connectivity index is 1.60. The van der Waals surface area contributed by atoms with Gasteiger partial charge in [-0.2, -0.15) is 0 Å². The first-order valence-electron chi connectivity index (χ1n) is 8.25. The van der Waals surface area contributed by atoms with E-state index in [2.05, 4.69) is 5.32 Å². The zero-order chi connectivity index (χ0) is 16.9. The lowest BCUT2D eigenvalue weighted by Gasteiger charge is -2.07. The number of ether oxygens (including phenoxy) is 2. The Kier molecular flexibility index (Phi) is 5.81. The maximum Gasteiger partial charge on any atom is 0.261 e. The molecule has 2 aromatic rings. The van der Waals surface area contributed by atoms with Crippen LogP contribution in [-0.2, 0) is 16.1 Å². The molecule has 0 bridgehead atoms. The highest BCUT2D eigenvalue weighted by Crippen LogP contribution is 2.33. The largest absolute Gasteiger partial charge is 0.381 e. The van der Waals surface area contributed by atoms with Gasteiger partial charge in [0, 0.05) is 42.5 Å².